The number of rotatable bonds is 5. The normalized spacial score (nSPS) is 10.9. The minimum absolute atomic E-state index is 0.216. The third kappa shape index (κ3) is 5.35. The van der Waals surface area contributed by atoms with Gasteiger partial charge in [0.15, 0.2) is 0 Å². The fourth-order valence-electron chi connectivity index (χ4n) is 0.564. The Hall–Kier alpha value is -0.310. The Bertz CT molecular complexity index is 158. The number of ether oxygens (including phenoxy) is 1. The summed E-state index contributed by atoms with van der Waals surface area (Å²) >= 11 is 3.22. The van der Waals surface area contributed by atoms with Gasteiger partial charge >= 0.3 is 5.97 Å². The Labute approximate surface area is 82.1 Å². The van der Waals surface area contributed by atoms with Crippen molar-refractivity contribution in [3.8, 4) is 0 Å². The predicted molar refractivity (Wildman–Crippen MR) is 53.4 cm³/mol. The van der Waals surface area contributed by atoms with Crippen molar-refractivity contribution in [2.45, 2.75) is 31.0 Å². The van der Waals surface area contributed by atoms with Crippen LogP contribution in [-0.2, 0) is 9.53 Å². The van der Waals surface area contributed by atoms with Gasteiger partial charge in [-0.25, -0.2) is 0 Å². The van der Waals surface area contributed by atoms with Crippen molar-refractivity contribution >= 4 is 21.9 Å². The highest BCUT2D eigenvalue weighted by molar-refractivity contribution is 9.10. The quantitative estimate of drug-likeness (QED) is 0.317. The second kappa shape index (κ2) is 5.36. The van der Waals surface area contributed by atoms with E-state index in [-0.39, 0.29) is 5.97 Å². The Morgan fingerprint density at radius 3 is 2.67 bits per heavy atom. The van der Waals surface area contributed by atoms with Crippen LogP contribution in [0, 0.1) is 0 Å². The molecule has 70 valence electrons. The zero-order valence-electron chi connectivity index (χ0n) is 7.60. The molecule has 0 aliphatic carbocycles. The summed E-state index contributed by atoms with van der Waals surface area (Å²) in [7, 11) is 0. The lowest BCUT2D eigenvalue weighted by Gasteiger charge is -2.14. The van der Waals surface area contributed by atoms with Crippen LogP contribution in [0.15, 0.2) is 12.7 Å². The fourth-order valence-corrected chi connectivity index (χ4v) is 0.679. The fraction of sp³-hybridized carbons (Fsp3) is 0.667. The molecule has 0 aromatic carbocycles. The van der Waals surface area contributed by atoms with Gasteiger partial charge in [0.2, 0.25) is 0 Å². The molecule has 0 bridgehead atoms. The first-order valence-electron chi connectivity index (χ1n) is 3.95. The highest BCUT2D eigenvalue weighted by Crippen LogP contribution is 2.17. The van der Waals surface area contributed by atoms with Gasteiger partial charge in [-0.05, 0) is 26.7 Å². The molecule has 0 radical (unpaired) electrons. The van der Waals surface area contributed by atoms with Crippen molar-refractivity contribution in [2.24, 2.45) is 0 Å². The Morgan fingerprint density at radius 1 is 1.67 bits per heavy atom. The molecule has 3 heteroatoms. The molecule has 0 amide bonds. The minimum Gasteiger partial charge on any atom is -0.465 e. The second-order valence-electron chi connectivity index (χ2n) is 3.04. The first kappa shape index (κ1) is 11.7. The van der Waals surface area contributed by atoms with Crippen molar-refractivity contribution in [3.05, 3.63) is 12.7 Å². The largest absolute Gasteiger partial charge is 0.465 e. The first-order valence-corrected chi connectivity index (χ1v) is 4.75. The van der Waals surface area contributed by atoms with Gasteiger partial charge < -0.3 is 4.74 Å². The zero-order valence-corrected chi connectivity index (χ0v) is 9.19. The molecule has 0 spiro atoms. The van der Waals surface area contributed by atoms with Crippen LogP contribution in [0.2, 0.25) is 0 Å². The number of allylic oxidation sites excluding steroid dienone is 1. The summed E-state index contributed by atoms with van der Waals surface area (Å²) in [4.78, 5) is 11.1. The molecule has 0 unspecified atom stereocenters. The molecule has 0 aliphatic heterocycles. The molecule has 0 aromatic rings. The first-order chi connectivity index (χ1) is 5.48. The molecule has 0 N–H and O–H groups in total. The lowest BCUT2D eigenvalue weighted by molar-refractivity contribution is -0.145. The Kier molecular flexibility index (Phi) is 5.22. The molecule has 0 fully saturated rings. The van der Waals surface area contributed by atoms with Gasteiger partial charge in [0.1, 0.15) is 4.32 Å². The molecule has 0 aromatic heterocycles. The minimum atomic E-state index is -0.568. The number of esters is 1. The van der Waals surface area contributed by atoms with Crippen LogP contribution in [0.3, 0.4) is 0 Å². The molecule has 0 aliphatic rings. The van der Waals surface area contributed by atoms with Crippen LogP contribution in [0.25, 0.3) is 0 Å². The lowest BCUT2D eigenvalue weighted by atomic mass is 10.2. The Morgan fingerprint density at radius 2 is 2.25 bits per heavy atom. The summed E-state index contributed by atoms with van der Waals surface area (Å²) in [6.07, 6.45) is 3.54. The van der Waals surface area contributed by atoms with E-state index in [1.54, 1.807) is 13.8 Å². The van der Waals surface area contributed by atoms with E-state index in [0.29, 0.717) is 6.61 Å². The monoisotopic (exact) mass is 234 g/mol. The number of hydrogen-bond acceptors (Lipinski definition) is 2. The Balaban J connectivity index is 3.51. The number of hydrogen-bond donors (Lipinski definition) is 0. The maximum absolute atomic E-state index is 11.1. The summed E-state index contributed by atoms with van der Waals surface area (Å²) in [5, 5.41) is 0. The summed E-state index contributed by atoms with van der Waals surface area (Å²) < 4.78 is 4.41. The summed E-state index contributed by atoms with van der Waals surface area (Å²) in [5.41, 5.74) is 0. The number of carbonyl (C=O) groups excluding carboxylic acids is 1. The molecule has 0 saturated heterocycles. The van der Waals surface area contributed by atoms with Gasteiger partial charge in [0.25, 0.3) is 0 Å². The molecule has 12 heavy (non-hydrogen) atoms. The summed E-state index contributed by atoms with van der Waals surface area (Å²) in [6.45, 7) is 7.58. The maximum Gasteiger partial charge on any atom is 0.322 e. The van der Waals surface area contributed by atoms with Gasteiger partial charge in [0.05, 0.1) is 6.61 Å². The van der Waals surface area contributed by atoms with Crippen LogP contribution in [0.4, 0.5) is 0 Å². The molecule has 0 rings (SSSR count). The van der Waals surface area contributed by atoms with E-state index in [2.05, 4.69) is 22.5 Å². The molecule has 0 saturated carbocycles. The highest BCUT2D eigenvalue weighted by atomic mass is 79.9. The average molecular weight is 235 g/mol. The predicted octanol–water partition coefficient (Wildman–Crippen LogP) is 2.67. The van der Waals surface area contributed by atoms with Crippen LogP contribution < -0.4 is 0 Å². The van der Waals surface area contributed by atoms with E-state index in [0.717, 1.165) is 12.8 Å². The standard InChI is InChI=1S/C9H15BrO2/c1-4-5-6-7-12-8(11)9(2,3)10/h4H,1,5-7H2,2-3H3. The lowest BCUT2D eigenvalue weighted by Crippen LogP contribution is -2.26. The van der Waals surface area contributed by atoms with Gasteiger partial charge in [0, 0.05) is 0 Å². The smallest absolute Gasteiger partial charge is 0.322 e. The third-order valence-electron chi connectivity index (χ3n) is 1.27. The molecule has 0 heterocycles. The van der Waals surface area contributed by atoms with Crippen molar-refractivity contribution in [3.63, 3.8) is 0 Å². The van der Waals surface area contributed by atoms with Crippen LogP contribution >= 0.6 is 15.9 Å². The summed E-state index contributed by atoms with van der Waals surface area (Å²) in [5.74, 6) is -0.216. The van der Waals surface area contributed by atoms with Gasteiger partial charge in [-0.3, -0.25) is 4.79 Å². The maximum atomic E-state index is 11.1. The van der Waals surface area contributed by atoms with Crippen molar-refractivity contribution in [1.82, 2.24) is 0 Å². The van der Waals surface area contributed by atoms with Gasteiger partial charge in [-0.1, -0.05) is 22.0 Å². The SMILES string of the molecule is C=CCCCOC(=O)C(C)(C)Br. The van der Waals surface area contributed by atoms with E-state index < -0.39 is 4.32 Å². The number of alkyl halides is 1. The molecular weight excluding hydrogens is 220 g/mol. The van der Waals surface area contributed by atoms with Crippen LogP contribution in [-0.4, -0.2) is 16.9 Å². The second-order valence-corrected chi connectivity index (χ2v) is 5.02. The number of halogens is 1. The highest BCUT2D eigenvalue weighted by Gasteiger charge is 2.24. The number of carbonyl (C=O) groups is 1. The van der Waals surface area contributed by atoms with E-state index in [1.165, 1.54) is 0 Å². The van der Waals surface area contributed by atoms with Gasteiger partial charge in [-0.2, -0.15) is 0 Å². The van der Waals surface area contributed by atoms with Gasteiger partial charge in [-0.15, -0.1) is 6.58 Å². The van der Waals surface area contributed by atoms with E-state index in [9.17, 15) is 4.79 Å². The van der Waals surface area contributed by atoms with E-state index in [4.69, 9.17) is 4.74 Å². The molecular formula is C9H15BrO2. The molecule has 2 nitrogen and oxygen atoms in total. The van der Waals surface area contributed by atoms with Crippen molar-refractivity contribution in [2.75, 3.05) is 6.61 Å². The topological polar surface area (TPSA) is 26.3 Å². The average Bonchev–Trinajstić information content (AvgIpc) is 1.96. The third-order valence-corrected chi connectivity index (χ3v) is 1.59. The van der Waals surface area contributed by atoms with E-state index in [1.807, 2.05) is 6.08 Å². The number of unbranched alkanes of at least 4 members (excludes halogenated alkanes) is 1. The summed E-state index contributed by atoms with van der Waals surface area (Å²) in [6, 6.07) is 0. The zero-order chi connectivity index (χ0) is 9.61. The van der Waals surface area contributed by atoms with Crippen LogP contribution in [0.1, 0.15) is 26.7 Å². The van der Waals surface area contributed by atoms with Crippen molar-refractivity contribution < 1.29 is 9.53 Å². The van der Waals surface area contributed by atoms with Crippen molar-refractivity contribution in [1.29, 1.82) is 0 Å². The van der Waals surface area contributed by atoms with Crippen LogP contribution in [0.5, 0.6) is 0 Å². The van der Waals surface area contributed by atoms with E-state index >= 15 is 0 Å². The molecule has 0 atom stereocenters.